The number of ether oxygens (including phenoxy) is 3. The van der Waals surface area contributed by atoms with Crippen LogP contribution >= 0.6 is 0 Å². The van der Waals surface area contributed by atoms with Gasteiger partial charge in [0, 0.05) is 19.3 Å². The lowest BCUT2D eigenvalue weighted by Gasteiger charge is -2.18. The summed E-state index contributed by atoms with van der Waals surface area (Å²) in [6.45, 7) is 6.50. The Labute approximate surface area is 513 Å². The van der Waals surface area contributed by atoms with Crippen molar-refractivity contribution in [2.24, 2.45) is 0 Å². The zero-order valence-corrected chi connectivity index (χ0v) is 54.2. The summed E-state index contributed by atoms with van der Waals surface area (Å²) < 4.78 is 16.9. The van der Waals surface area contributed by atoms with Crippen LogP contribution in [0, 0.1) is 0 Å². The van der Waals surface area contributed by atoms with Crippen molar-refractivity contribution < 1.29 is 28.6 Å². The van der Waals surface area contributed by atoms with Crippen LogP contribution in [-0.2, 0) is 28.6 Å². The van der Waals surface area contributed by atoms with Gasteiger partial charge in [-0.2, -0.15) is 0 Å². The van der Waals surface area contributed by atoms with Crippen molar-refractivity contribution in [3.63, 3.8) is 0 Å². The van der Waals surface area contributed by atoms with Crippen molar-refractivity contribution in [2.75, 3.05) is 13.2 Å². The van der Waals surface area contributed by atoms with E-state index in [0.29, 0.717) is 19.3 Å². The molecule has 1 atom stereocenters. The molecule has 0 saturated carbocycles. The molecule has 0 aromatic rings. The summed E-state index contributed by atoms with van der Waals surface area (Å²) in [4.78, 5) is 38.4. The van der Waals surface area contributed by atoms with E-state index in [1.54, 1.807) is 0 Å². The molecule has 1 unspecified atom stereocenters. The quantitative estimate of drug-likeness (QED) is 0.0261. The standard InChI is InChI=1S/C77H128O6/c1-4-7-10-13-16-19-22-25-28-30-32-33-34-35-36-37-38-39-40-41-42-43-45-46-49-52-55-58-61-64-67-70-76(79)82-73-74(72-81-75(78)69-66-63-60-57-54-51-48-27-24-21-18-15-12-9-6-3)83-77(80)71-68-65-62-59-56-53-50-47-44-31-29-26-23-20-17-14-11-8-5-2/h7,10,16-17,19-20,25-26,28-29,32-33,35-36,38-39,41-42,45-46,52,55,74H,4-6,8-9,11-15,18,21-24,27,30-31,34,37,40,43-44,47-51,53-54,56-73H2,1-3H3/b10-7-,19-16-,20-17-,28-25-,29-26-,33-32-,36-35-,39-38-,42-41-,46-45-,55-52-. The fourth-order valence-electron chi connectivity index (χ4n) is 9.47. The molecule has 0 heterocycles. The molecule has 6 nitrogen and oxygen atoms in total. The molecular formula is C77H128O6. The predicted octanol–water partition coefficient (Wildman–Crippen LogP) is 24.1. The van der Waals surface area contributed by atoms with E-state index < -0.39 is 6.10 Å². The topological polar surface area (TPSA) is 78.9 Å². The first-order valence-corrected chi connectivity index (χ1v) is 34.7. The lowest BCUT2D eigenvalue weighted by molar-refractivity contribution is -0.167. The Hall–Kier alpha value is -4.45. The molecule has 0 aromatic heterocycles. The summed E-state index contributed by atoms with van der Waals surface area (Å²) in [5.74, 6) is -0.920. The van der Waals surface area contributed by atoms with E-state index in [2.05, 4.69) is 154 Å². The molecule has 472 valence electrons. The molecule has 0 spiro atoms. The summed E-state index contributed by atoms with van der Waals surface area (Å²) in [5.41, 5.74) is 0. The highest BCUT2D eigenvalue weighted by atomic mass is 16.6. The van der Waals surface area contributed by atoms with Gasteiger partial charge < -0.3 is 14.2 Å². The van der Waals surface area contributed by atoms with Gasteiger partial charge in [-0.05, 0) is 122 Å². The van der Waals surface area contributed by atoms with Crippen LogP contribution < -0.4 is 0 Å². The molecule has 0 aromatic carbocycles. The number of allylic oxidation sites excluding steroid dienone is 22. The van der Waals surface area contributed by atoms with E-state index in [9.17, 15) is 14.4 Å². The number of carbonyl (C=O) groups is 3. The van der Waals surface area contributed by atoms with Crippen LogP contribution in [0.25, 0.3) is 0 Å². The summed E-state index contributed by atoms with van der Waals surface area (Å²) >= 11 is 0. The lowest BCUT2D eigenvalue weighted by atomic mass is 10.0. The molecule has 6 heteroatoms. The molecule has 0 fully saturated rings. The Kier molecular flexibility index (Phi) is 66.3. The second-order valence-electron chi connectivity index (χ2n) is 22.7. The van der Waals surface area contributed by atoms with Gasteiger partial charge in [0.25, 0.3) is 0 Å². The first-order valence-electron chi connectivity index (χ1n) is 34.7. The normalized spacial score (nSPS) is 13.0. The maximum Gasteiger partial charge on any atom is 0.306 e. The molecule has 0 bridgehead atoms. The highest BCUT2D eigenvalue weighted by Gasteiger charge is 2.19. The maximum atomic E-state index is 12.9. The number of carbonyl (C=O) groups excluding carboxylic acids is 3. The molecule has 0 aliphatic carbocycles. The molecular weight excluding hydrogens is 1020 g/mol. The van der Waals surface area contributed by atoms with Gasteiger partial charge in [0.15, 0.2) is 6.10 Å². The third-order valence-corrected chi connectivity index (χ3v) is 14.6. The zero-order valence-electron chi connectivity index (χ0n) is 54.2. The lowest BCUT2D eigenvalue weighted by Crippen LogP contribution is -2.30. The number of unbranched alkanes of at least 4 members (excludes halogenated alkanes) is 29. The maximum absolute atomic E-state index is 12.9. The summed E-state index contributed by atoms with van der Waals surface area (Å²) in [7, 11) is 0. The molecule has 0 radical (unpaired) electrons. The van der Waals surface area contributed by atoms with Crippen molar-refractivity contribution in [1.29, 1.82) is 0 Å². The highest BCUT2D eigenvalue weighted by molar-refractivity contribution is 5.71. The Bertz CT molecular complexity index is 1750. The van der Waals surface area contributed by atoms with Gasteiger partial charge >= 0.3 is 17.9 Å². The average molecular weight is 1150 g/mol. The van der Waals surface area contributed by atoms with Crippen molar-refractivity contribution in [3.05, 3.63) is 134 Å². The molecule has 83 heavy (non-hydrogen) atoms. The molecule has 0 N–H and O–H groups in total. The van der Waals surface area contributed by atoms with Crippen molar-refractivity contribution in [2.45, 2.75) is 322 Å². The highest BCUT2D eigenvalue weighted by Crippen LogP contribution is 2.16. The van der Waals surface area contributed by atoms with Crippen LogP contribution in [0.2, 0.25) is 0 Å². The number of hydrogen-bond acceptors (Lipinski definition) is 6. The molecule has 0 aliphatic heterocycles. The molecule has 0 saturated heterocycles. The second kappa shape index (κ2) is 70.0. The monoisotopic (exact) mass is 1150 g/mol. The predicted molar refractivity (Wildman–Crippen MR) is 362 cm³/mol. The van der Waals surface area contributed by atoms with Crippen molar-refractivity contribution >= 4 is 17.9 Å². The number of hydrogen-bond donors (Lipinski definition) is 0. The zero-order chi connectivity index (χ0) is 59.9. The van der Waals surface area contributed by atoms with Gasteiger partial charge in [0.2, 0.25) is 0 Å². The minimum absolute atomic E-state index is 0.0906. The van der Waals surface area contributed by atoms with E-state index in [4.69, 9.17) is 14.2 Å². The smallest absolute Gasteiger partial charge is 0.306 e. The molecule has 0 amide bonds. The van der Waals surface area contributed by atoms with Gasteiger partial charge in [-0.3, -0.25) is 14.4 Å². The van der Waals surface area contributed by atoms with E-state index >= 15 is 0 Å². The van der Waals surface area contributed by atoms with Crippen LogP contribution in [0.3, 0.4) is 0 Å². The molecule has 0 rings (SSSR count). The Balaban J connectivity index is 4.41. The first kappa shape index (κ1) is 78.5. The third-order valence-electron chi connectivity index (χ3n) is 14.6. The van der Waals surface area contributed by atoms with Gasteiger partial charge in [0.05, 0.1) is 0 Å². The Morgan fingerprint density at radius 3 is 0.771 bits per heavy atom. The molecule has 0 aliphatic rings. The van der Waals surface area contributed by atoms with E-state index in [0.717, 1.165) is 128 Å². The minimum Gasteiger partial charge on any atom is -0.462 e. The average Bonchev–Trinajstić information content (AvgIpc) is 3.49. The fourth-order valence-corrected chi connectivity index (χ4v) is 9.47. The third kappa shape index (κ3) is 68.2. The van der Waals surface area contributed by atoms with E-state index in [-0.39, 0.29) is 31.1 Å². The van der Waals surface area contributed by atoms with Crippen LogP contribution in [0.5, 0.6) is 0 Å². The van der Waals surface area contributed by atoms with Gasteiger partial charge in [-0.1, -0.05) is 309 Å². The Morgan fingerprint density at radius 1 is 0.253 bits per heavy atom. The largest absolute Gasteiger partial charge is 0.462 e. The van der Waals surface area contributed by atoms with Crippen molar-refractivity contribution in [3.8, 4) is 0 Å². The first-order chi connectivity index (χ1) is 41.0. The number of rotatable bonds is 62. The summed E-state index contributed by atoms with van der Waals surface area (Å²) in [5, 5.41) is 0. The summed E-state index contributed by atoms with van der Waals surface area (Å²) in [6.07, 6.45) is 98.9. The van der Waals surface area contributed by atoms with Gasteiger partial charge in [-0.25, -0.2) is 0 Å². The van der Waals surface area contributed by atoms with Crippen molar-refractivity contribution in [1.82, 2.24) is 0 Å². The summed E-state index contributed by atoms with van der Waals surface area (Å²) in [6, 6.07) is 0. The van der Waals surface area contributed by atoms with E-state index in [1.807, 2.05) is 0 Å². The second-order valence-corrected chi connectivity index (χ2v) is 22.7. The van der Waals surface area contributed by atoms with Gasteiger partial charge in [0.1, 0.15) is 13.2 Å². The minimum atomic E-state index is -0.798. The van der Waals surface area contributed by atoms with Gasteiger partial charge in [-0.15, -0.1) is 0 Å². The van der Waals surface area contributed by atoms with Crippen LogP contribution in [0.15, 0.2) is 134 Å². The van der Waals surface area contributed by atoms with Crippen LogP contribution in [0.4, 0.5) is 0 Å². The van der Waals surface area contributed by atoms with Crippen LogP contribution in [0.1, 0.15) is 316 Å². The van der Waals surface area contributed by atoms with Crippen LogP contribution in [-0.4, -0.2) is 37.2 Å². The Morgan fingerprint density at radius 2 is 0.470 bits per heavy atom. The van der Waals surface area contributed by atoms with E-state index in [1.165, 1.54) is 148 Å². The number of esters is 3. The SMILES string of the molecule is CC/C=C\C/C=C\C/C=C\C/C=C\C/C=C\C/C=C\C/C=C\C/C=C\C/C=C\CCCCCC(=O)OCC(COC(=O)CCCCCCCCCCCCCCCCC)OC(=O)CCCCCCCCCCC/C=C\C/C=C\CCCCC. The fraction of sp³-hybridized carbons (Fsp3) is 0.675.